The van der Waals surface area contributed by atoms with Crippen molar-refractivity contribution >= 4 is 29.0 Å². The van der Waals surface area contributed by atoms with Gasteiger partial charge in [-0.05, 0) is 26.1 Å². The van der Waals surface area contributed by atoms with Crippen molar-refractivity contribution in [1.82, 2.24) is 5.32 Å². The number of aliphatic carboxylic acids is 1. The summed E-state index contributed by atoms with van der Waals surface area (Å²) in [5.74, 6) is -1.83. The molecule has 0 aromatic carbocycles. The molecule has 0 saturated heterocycles. The second-order valence-electron chi connectivity index (χ2n) is 3.28. The molecule has 0 aliphatic carbocycles. The Morgan fingerprint density at radius 1 is 1.71 bits per heavy atom. The third-order valence-electron chi connectivity index (χ3n) is 2.16. The normalized spacial score (nSPS) is 29.1. The van der Waals surface area contributed by atoms with Crippen molar-refractivity contribution in [3.8, 4) is 0 Å². The zero-order valence-electron chi connectivity index (χ0n) is 7.89. The molecule has 0 saturated carbocycles. The van der Waals surface area contributed by atoms with E-state index in [1.54, 1.807) is 6.92 Å². The number of hydrogen-bond acceptors (Lipinski definition) is 3. The number of nitrogens with zero attached hydrogens (tertiary/aromatic N) is 1. The number of aliphatic imine (C=N–C) groups is 1. The van der Waals surface area contributed by atoms with E-state index in [0.29, 0.717) is 5.71 Å². The Morgan fingerprint density at radius 2 is 2.29 bits per heavy atom. The Kier molecular flexibility index (Phi) is 3.17. The Labute approximate surface area is 86.8 Å². The van der Waals surface area contributed by atoms with Crippen LogP contribution in [0.5, 0.6) is 0 Å². The molecule has 0 amide bonds. The Balaban J connectivity index is 3.01. The van der Waals surface area contributed by atoms with E-state index >= 15 is 0 Å². The Hall–Kier alpha value is -1.01. The summed E-state index contributed by atoms with van der Waals surface area (Å²) in [5.41, 5.74) is 0.423. The van der Waals surface area contributed by atoms with Gasteiger partial charge in [-0.2, -0.15) is 0 Å². The number of nitrogens with one attached hydrogen (secondary N) is 1. The van der Waals surface area contributed by atoms with E-state index in [-0.39, 0.29) is 5.11 Å². The quantitative estimate of drug-likeness (QED) is 0.556. The number of hydrogen-bond donors (Lipinski definition) is 3. The second-order valence-corrected chi connectivity index (χ2v) is 3.67. The number of rotatable bonds is 2. The third-order valence-corrected chi connectivity index (χ3v) is 2.37. The topological polar surface area (TPSA) is 81.9 Å². The van der Waals surface area contributed by atoms with Crippen molar-refractivity contribution in [2.75, 3.05) is 0 Å². The van der Waals surface area contributed by atoms with E-state index in [4.69, 9.17) is 17.3 Å². The zero-order chi connectivity index (χ0) is 10.9. The fourth-order valence-corrected chi connectivity index (χ4v) is 1.76. The minimum absolute atomic E-state index is 0.228. The van der Waals surface area contributed by atoms with Gasteiger partial charge in [0.15, 0.2) is 5.11 Å². The average Bonchev–Trinajstić information content (AvgIpc) is 2.01. The molecular weight excluding hydrogens is 204 g/mol. The number of carboxylic acid groups (broad SMARTS) is 1. The zero-order valence-corrected chi connectivity index (χ0v) is 8.71. The lowest BCUT2D eigenvalue weighted by Gasteiger charge is -2.31. The van der Waals surface area contributed by atoms with Crippen LogP contribution in [-0.4, -0.2) is 39.2 Å². The van der Waals surface area contributed by atoms with Gasteiger partial charge in [0.2, 0.25) is 0 Å². The molecule has 0 aromatic heterocycles. The molecular formula is C8H12N2O3S. The molecule has 14 heavy (non-hydrogen) atoms. The molecule has 1 aliphatic rings. The number of carboxylic acids is 1. The maximum Gasteiger partial charge on any atom is 0.314 e. The highest BCUT2D eigenvalue weighted by Crippen LogP contribution is 2.15. The Bertz CT molecular complexity index is 301. The molecule has 1 rings (SSSR count). The molecule has 6 heteroatoms. The minimum Gasteiger partial charge on any atom is -0.481 e. The highest BCUT2D eigenvalue weighted by atomic mass is 32.1. The van der Waals surface area contributed by atoms with Crippen molar-refractivity contribution in [2.24, 2.45) is 10.9 Å². The van der Waals surface area contributed by atoms with Crippen LogP contribution in [0.1, 0.15) is 13.8 Å². The first-order valence-corrected chi connectivity index (χ1v) is 4.61. The van der Waals surface area contributed by atoms with Crippen molar-refractivity contribution in [3.05, 3.63) is 0 Å². The molecule has 0 aromatic rings. The highest BCUT2D eigenvalue weighted by Gasteiger charge is 2.37. The molecule has 3 atom stereocenters. The standard InChI is InChI=1S/C8H12N2O3S/c1-3-5(7(12)13)6(4(2)11)10-8(14)9-3/h4-6,11H,1-2H3,(H,10,14)(H,12,13). The summed E-state index contributed by atoms with van der Waals surface area (Å²) in [4.78, 5) is 14.8. The molecule has 0 bridgehead atoms. The van der Waals surface area contributed by atoms with Gasteiger partial charge in [-0.15, -0.1) is 0 Å². The van der Waals surface area contributed by atoms with Crippen LogP contribution in [0.4, 0.5) is 0 Å². The van der Waals surface area contributed by atoms with Crippen LogP contribution >= 0.6 is 12.2 Å². The van der Waals surface area contributed by atoms with Gasteiger partial charge < -0.3 is 15.5 Å². The SMILES string of the molecule is CC1=NC(=S)NC(C(C)O)C1C(=O)O. The maximum absolute atomic E-state index is 10.9. The first-order chi connectivity index (χ1) is 6.43. The molecule has 0 radical (unpaired) electrons. The van der Waals surface area contributed by atoms with E-state index in [0.717, 1.165) is 0 Å². The van der Waals surface area contributed by atoms with Crippen LogP contribution in [-0.2, 0) is 4.79 Å². The highest BCUT2D eigenvalue weighted by molar-refractivity contribution is 7.80. The van der Waals surface area contributed by atoms with Gasteiger partial charge >= 0.3 is 5.97 Å². The van der Waals surface area contributed by atoms with E-state index < -0.39 is 24.0 Å². The largest absolute Gasteiger partial charge is 0.481 e. The number of carbonyl (C=O) groups is 1. The lowest BCUT2D eigenvalue weighted by Crippen LogP contribution is -2.54. The lowest BCUT2D eigenvalue weighted by molar-refractivity contribution is -0.141. The predicted octanol–water partition coefficient (Wildman–Crippen LogP) is -0.214. The average molecular weight is 216 g/mol. The monoisotopic (exact) mass is 216 g/mol. The summed E-state index contributed by atoms with van der Waals surface area (Å²) in [6, 6.07) is -0.600. The second kappa shape index (κ2) is 4.02. The molecule has 1 aliphatic heterocycles. The number of thiocarbonyl (C=S) groups is 1. The predicted molar refractivity (Wildman–Crippen MR) is 55.4 cm³/mol. The van der Waals surface area contributed by atoms with Crippen LogP contribution in [0.3, 0.4) is 0 Å². The van der Waals surface area contributed by atoms with Gasteiger partial charge in [0.1, 0.15) is 5.92 Å². The number of aliphatic hydroxyl groups excluding tert-OH is 1. The van der Waals surface area contributed by atoms with Crippen LogP contribution in [0, 0.1) is 5.92 Å². The van der Waals surface area contributed by atoms with Gasteiger partial charge in [-0.1, -0.05) is 0 Å². The fourth-order valence-electron chi connectivity index (χ4n) is 1.48. The summed E-state index contributed by atoms with van der Waals surface area (Å²) in [7, 11) is 0. The lowest BCUT2D eigenvalue weighted by atomic mass is 9.90. The summed E-state index contributed by atoms with van der Waals surface area (Å²) < 4.78 is 0. The molecule has 5 nitrogen and oxygen atoms in total. The molecule has 3 unspecified atom stereocenters. The van der Waals surface area contributed by atoms with Gasteiger partial charge in [0.05, 0.1) is 12.1 Å². The maximum atomic E-state index is 10.9. The molecule has 78 valence electrons. The Morgan fingerprint density at radius 3 is 2.71 bits per heavy atom. The number of aliphatic hydroxyl groups is 1. The van der Waals surface area contributed by atoms with Crippen LogP contribution in [0.25, 0.3) is 0 Å². The smallest absolute Gasteiger partial charge is 0.314 e. The van der Waals surface area contributed by atoms with Gasteiger partial charge in [-0.3, -0.25) is 4.79 Å². The summed E-state index contributed by atoms with van der Waals surface area (Å²) in [5, 5.41) is 21.2. The van der Waals surface area contributed by atoms with E-state index in [9.17, 15) is 9.90 Å². The summed E-state index contributed by atoms with van der Waals surface area (Å²) in [6.07, 6.45) is -0.792. The third kappa shape index (κ3) is 2.08. The fraction of sp³-hybridized carbons (Fsp3) is 0.625. The first kappa shape index (κ1) is 11.1. The summed E-state index contributed by atoms with van der Waals surface area (Å²) in [6.45, 7) is 3.12. The van der Waals surface area contributed by atoms with Crippen molar-refractivity contribution in [3.63, 3.8) is 0 Å². The van der Waals surface area contributed by atoms with Crippen LogP contribution in [0.15, 0.2) is 4.99 Å². The van der Waals surface area contributed by atoms with Crippen molar-refractivity contribution in [1.29, 1.82) is 0 Å². The van der Waals surface area contributed by atoms with Gasteiger partial charge in [0.25, 0.3) is 0 Å². The minimum atomic E-state index is -1.01. The van der Waals surface area contributed by atoms with Gasteiger partial charge in [-0.25, -0.2) is 4.99 Å². The molecule has 0 fully saturated rings. The molecule has 0 spiro atoms. The van der Waals surface area contributed by atoms with E-state index in [1.807, 2.05) is 0 Å². The van der Waals surface area contributed by atoms with Gasteiger partial charge in [0, 0.05) is 5.71 Å². The van der Waals surface area contributed by atoms with E-state index in [2.05, 4.69) is 10.3 Å². The first-order valence-electron chi connectivity index (χ1n) is 4.20. The summed E-state index contributed by atoms with van der Waals surface area (Å²) >= 11 is 4.82. The molecule has 3 N–H and O–H groups in total. The van der Waals surface area contributed by atoms with E-state index in [1.165, 1.54) is 6.92 Å². The van der Waals surface area contributed by atoms with Crippen molar-refractivity contribution < 1.29 is 15.0 Å². The van der Waals surface area contributed by atoms with Crippen molar-refractivity contribution in [2.45, 2.75) is 26.0 Å². The van der Waals surface area contributed by atoms with Crippen LogP contribution < -0.4 is 5.32 Å². The van der Waals surface area contributed by atoms with Crippen LogP contribution in [0.2, 0.25) is 0 Å². The molecule has 1 heterocycles.